The number of rotatable bonds is 4. The summed E-state index contributed by atoms with van der Waals surface area (Å²) < 4.78 is 0. The predicted molar refractivity (Wildman–Crippen MR) is 124 cm³/mol. The Morgan fingerprint density at radius 3 is 2.62 bits per heavy atom. The molecule has 1 aromatic carbocycles. The molecule has 4 heterocycles. The number of nitrogens with one attached hydrogen (secondary N) is 1. The average molecular weight is 428 g/mol. The molecule has 0 bridgehead atoms. The molecule has 0 aliphatic carbocycles. The minimum atomic E-state index is -1.15. The molecule has 2 N–H and O–H groups in total. The van der Waals surface area contributed by atoms with Crippen LogP contribution in [0.1, 0.15) is 16.2 Å². The number of aromatic nitrogens is 4. The molecule has 4 aromatic rings. The first-order valence-electron chi connectivity index (χ1n) is 10.6. The number of carboxylic acids is 1. The summed E-state index contributed by atoms with van der Waals surface area (Å²) in [5.41, 5.74) is 6.68. The van der Waals surface area contributed by atoms with Crippen molar-refractivity contribution < 1.29 is 9.90 Å². The lowest BCUT2D eigenvalue weighted by Gasteiger charge is -2.35. The van der Waals surface area contributed by atoms with E-state index in [-0.39, 0.29) is 5.82 Å². The second kappa shape index (κ2) is 8.05. The van der Waals surface area contributed by atoms with Gasteiger partial charge in [0.1, 0.15) is 5.65 Å². The Hall–Kier alpha value is -3.78. The van der Waals surface area contributed by atoms with Gasteiger partial charge in [0.25, 0.3) is 0 Å². The summed E-state index contributed by atoms with van der Waals surface area (Å²) in [4.78, 5) is 31.8. The zero-order chi connectivity index (χ0) is 22.2. The topological polar surface area (TPSA) is 98.2 Å². The van der Waals surface area contributed by atoms with E-state index < -0.39 is 5.97 Å². The Morgan fingerprint density at radius 2 is 1.88 bits per heavy atom. The summed E-state index contributed by atoms with van der Waals surface area (Å²) in [6, 6.07) is 10.3. The van der Waals surface area contributed by atoms with Crippen LogP contribution in [0, 0.1) is 6.92 Å². The van der Waals surface area contributed by atoms with Gasteiger partial charge in [-0.1, -0.05) is 6.07 Å². The number of carboxylic acid groups (broad SMARTS) is 1. The van der Waals surface area contributed by atoms with Gasteiger partial charge in [-0.15, -0.1) is 0 Å². The number of anilines is 1. The molecule has 5 rings (SSSR count). The average Bonchev–Trinajstić information content (AvgIpc) is 3.23. The number of aromatic amines is 1. The van der Waals surface area contributed by atoms with E-state index in [9.17, 15) is 9.90 Å². The molecule has 1 fully saturated rings. The zero-order valence-electron chi connectivity index (χ0n) is 18.0. The van der Waals surface area contributed by atoms with Gasteiger partial charge in [-0.2, -0.15) is 0 Å². The predicted octanol–water partition coefficient (Wildman–Crippen LogP) is 3.45. The molecule has 1 saturated heterocycles. The SMILES string of the molecule is Cc1cc(-c2cnc3[nH]cc(-c4ccnc(C(=O)O)n4)c3c2)ccc1N1CCN(C)CC1. The highest BCUT2D eigenvalue weighted by molar-refractivity contribution is 5.95. The number of hydrogen-bond acceptors (Lipinski definition) is 6. The molecule has 8 nitrogen and oxygen atoms in total. The second-order valence-electron chi connectivity index (χ2n) is 8.18. The van der Waals surface area contributed by atoms with Crippen LogP contribution in [0.15, 0.2) is 48.9 Å². The van der Waals surface area contributed by atoms with Crippen molar-refractivity contribution in [3.8, 4) is 22.4 Å². The lowest BCUT2D eigenvalue weighted by atomic mass is 10.0. The third-order valence-electron chi connectivity index (χ3n) is 6.03. The largest absolute Gasteiger partial charge is 0.475 e. The fourth-order valence-corrected chi connectivity index (χ4v) is 4.22. The van der Waals surface area contributed by atoms with Crippen LogP contribution in [0.2, 0.25) is 0 Å². The Balaban J connectivity index is 1.50. The Labute approximate surface area is 185 Å². The molecular formula is C24H24N6O2. The van der Waals surface area contributed by atoms with Crippen LogP contribution in [-0.4, -0.2) is 69.1 Å². The molecule has 1 aliphatic rings. The van der Waals surface area contributed by atoms with E-state index >= 15 is 0 Å². The lowest BCUT2D eigenvalue weighted by molar-refractivity contribution is 0.0683. The first kappa shape index (κ1) is 20.1. The molecule has 0 radical (unpaired) electrons. The van der Waals surface area contributed by atoms with Gasteiger partial charge < -0.3 is 19.9 Å². The summed E-state index contributed by atoms with van der Waals surface area (Å²) in [6.07, 6.45) is 5.12. The van der Waals surface area contributed by atoms with Crippen LogP contribution >= 0.6 is 0 Å². The molecule has 0 spiro atoms. The standard InChI is InChI=1S/C24H24N6O2/c1-15-11-16(3-4-21(15)30-9-7-29(2)8-10-30)17-12-18-19(14-27-22(18)26-13-17)20-5-6-25-23(28-20)24(31)32/h3-6,11-14H,7-10H2,1-2H3,(H,26,27)(H,31,32). The first-order valence-corrected chi connectivity index (χ1v) is 10.6. The van der Waals surface area contributed by atoms with Gasteiger partial charge in [-0.3, -0.25) is 0 Å². The Morgan fingerprint density at radius 1 is 1.06 bits per heavy atom. The van der Waals surface area contributed by atoms with Gasteiger partial charge in [0, 0.05) is 67.0 Å². The first-order chi connectivity index (χ1) is 15.5. The molecule has 0 atom stereocenters. The smallest absolute Gasteiger partial charge is 0.373 e. The quantitative estimate of drug-likeness (QED) is 0.514. The van der Waals surface area contributed by atoms with E-state index in [2.05, 4.69) is 68.0 Å². The highest BCUT2D eigenvalue weighted by Gasteiger charge is 2.17. The number of fused-ring (bicyclic) bond motifs is 1. The van der Waals surface area contributed by atoms with Crippen LogP contribution < -0.4 is 4.90 Å². The van der Waals surface area contributed by atoms with Crippen LogP contribution in [0.25, 0.3) is 33.4 Å². The molecule has 3 aromatic heterocycles. The minimum Gasteiger partial charge on any atom is -0.475 e. The number of carbonyl (C=O) groups is 1. The normalized spacial score (nSPS) is 14.8. The number of aryl methyl sites for hydroxylation is 1. The van der Waals surface area contributed by atoms with E-state index in [0.29, 0.717) is 5.69 Å². The molecule has 0 amide bonds. The van der Waals surface area contributed by atoms with Gasteiger partial charge in [0.2, 0.25) is 5.82 Å². The van der Waals surface area contributed by atoms with E-state index in [0.717, 1.165) is 53.9 Å². The zero-order valence-corrected chi connectivity index (χ0v) is 18.0. The van der Waals surface area contributed by atoms with Gasteiger partial charge in [-0.05, 0) is 49.4 Å². The summed E-state index contributed by atoms with van der Waals surface area (Å²) in [5.74, 6) is -1.38. The number of aromatic carboxylic acids is 1. The van der Waals surface area contributed by atoms with Crippen LogP contribution in [0.4, 0.5) is 5.69 Å². The van der Waals surface area contributed by atoms with Crippen molar-refractivity contribution in [1.82, 2.24) is 24.8 Å². The van der Waals surface area contributed by atoms with Gasteiger partial charge in [0.05, 0.1) is 5.69 Å². The summed E-state index contributed by atoms with van der Waals surface area (Å²) >= 11 is 0. The molecule has 8 heteroatoms. The van der Waals surface area contributed by atoms with Crippen molar-refractivity contribution in [2.24, 2.45) is 0 Å². The van der Waals surface area contributed by atoms with Gasteiger partial charge in [0.15, 0.2) is 0 Å². The number of pyridine rings is 1. The van der Waals surface area contributed by atoms with Crippen molar-refractivity contribution in [1.29, 1.82) is 0 Å². The third-order valence-corrected chi connectivity index (χ3v) is 6.03. The summed E-state index contributed by atoms with van der Waals surface area (Å²) in [6.45, 7) is 6.37. The van der Waals surface area contributed by atoms with Crippen molar-refractivity contribution in [3.05, 3.63) is 60.3 Å². The number of H-pyrrole nitrogens is 1. The highest BCUT2D eigenvalue weighted by atomic mass is 16.4. The molecule has 0 saturated carbocycles. The van der Waals surface area contributed by atoms with E-state index in [1.165, 1.54) is 17.4 Å². The number of nitrogens with zero attached hydrogens (tertiary/aromatic N) is 5. The number of hydrogen-bond donors (Lipinski definition) is 2. The van der Waals surface area contributed by atoms with Crippen LogP contribution in [0.3, 0.4) is 0 Å². The van der Waals surface area contributed by atoms with Crippen molar-refractivity contribution in [2.75, 3.05) is 38.1 Å². The van der Waals surface area contributed by atoms with Crippen molar-refractivity contribution >= 4 is 22.7 Å². The lowest BCUT2D eigenvalue weighted by Crippen LogP contribution is -2.44. The summed E-state index contributed by atoms with van der Waals surface area (Å²) in [7, 11) is 2.16. The third kappa shape index (κ3) is 3.69. The van der Waals surface area contributed by atoms with E-state index in [1.807, 2.05) is 6.20 Å². The molecule has 0 unspecified atom stereocenters. The maximum atomic E-state index is 11.3. The second-order valence-corrected chi connectivity index (χ2v) is 8.18. The van der Waals surface area contributed by atoms with Crippen LogP contribution in [0.5, 0.6) is 0 Å². The number of likely N-dealkylation sites (N-methyl/N-ethyl adjacent to an activating group) is 1. The van der Waals surface area contributed by atoms with Gasteiger partial charge in [-0.25, -0.2) is 19.7 Å². The highest BCUT2D eigenvalue weighted by Crippen LogP contribution is 2.32. The summed E-state index contributed by atoms with van der Waals surface area (Å²) in [5, 5.41) is 10.1. The monoisotopic (exact) mass is 428 g/mol. The number of piperazine rings is 1. The van der Waals surface area contributed by atoms with E-state index in [1.54, 1.807) is 12.3 Å². The molecule has 1 aliphatic heterocycles. The Kier molecular flexibility index (Phi) is 5.07. The van der Waals surface area contributed by atoms with E-state index in [4.69, 9.17) is 0 Å². The number of benzene rings is 1. The van der Waals surface area contributed by atoms with Crippen molar-refractivity contribution in [3.63, 3.8) is 0 Å². The van der Waals surface area contributed by atoms with Crippen molar-refractivity contribution in [2.45, 2.75) is 6.92 Å². The maximum absolute atomic E-state index is 11.3. The maximum Gasteiger partial charge on any atom is 0.373 e. The Bertz CT molecular complexity index is 1310. The molecular weight excluding hydrogens is 404 g/mol. The van der Waals surface area contributed by atoms with Crippen LogP contribution in [-0.2, 0) is 0 Å². The minimum absolute atomic E-state index is 0.226. The van der Waals surface area contributed by atoms with Gasteiger partial charge >= 0.3 is 5.97 Å². The molecule has 32 heavy (non-hydrogen) atoms. The fourth-order valence-electron chi connectivity index (χ4n) is 4.22. The fraction of sp³-hybridized carbons (Fsp3) is 0.250. The molecule has 162 valence electrons.